The molecule has 0 aliphatic heterocycles. The number of rotatable bonds is 3. The lowest BCUT2D eigenvalue weighted by atomic mass is 10.0. The van der Waals surface area contributed by atoms with E-state index < -0.39 is 0 Å². The number of aromatic nitrogens is 1. The number of H-pyrrole nitrogens is 1. The first-order chi connectivity index (χ1) is 6.83. The van der Waals surface area contributed by atoms with Gasteiger partial charge in [0.2, 0.25) is 0 Å². The third kappa shape index (κ3) is 2.30. The zero-order valence-corrected chi connectivity index (χ0v) is 9.06. The van der Waals surface area contributed by atoms with Crippen LogP contribution in [0, 0.1) is 0 Å². The van der Waals surface area contributed by atoms with E-state index in [-0.39, 0.29) is 25.1 Å². The number of nitrogens with two attached hydrogens (primary N) is 1. The molecule has 1 heterocycles. The Labute approximate surface area is 94.1 Å². The van der Waals surface area contributed by atoms with Crippen molar-refractivity contribution in [2.75, 3.05) is 6.67 Å². The van der Waals surface area contributed by atoms with Crippen LogP contribution in [-0.2, 0) is 0 Å². The Morgan fingerprint density at radius 2 is 2.13 bits per heavy atom. The highest BCUT2D eigenvalue weighted by Crippen LogP contribution is 2.23. The maximum Gasteiger partial charge on any atom is 0.0912 e. The molecule has 0 bridgehead atoms. The summed E-state index contributed by atoms with van der Waals surface area (Å²) in [7, 11) is 0. The predicted molar refractivity (Wildman–Crippen MR) is 63.1 cm³/mol. The van der Waals surface area contributed by atoms with Gasteiger partial charge in [0.15, 0.2) is 0 Å². The number of hydrogen-bond acceptors (Lipinski definition) is 1. The molecule has 0 saturated heterocycles. The third-order valence-electron chi connectivity index (χ3n) is 2.45. The molecular formula is C11H14ClFN2. The lowest BCUT2D eigenvalue weighted by Gasteiger charge is -2.10. The molecule has 2 rings (SSSR count). The number of benzene rings is 1. The van der Waals surface area contributed by atoms with E-state index in [0.29, 0.717) is 6.42 Å². The molecule has 0 saturated carbocycles. The highest BCUT2D eigenvalue weighted by atomic mass is 35.5. The van der Waals surface area contributed by atoms with Crippen molar-refractivity contribution in [2.45, 2.75) is 12.5 Å². The van der Waals surface area contributed by atoms with Gasteiger partial charge in [0.05, 0.1) is 6.67 Å². The number of aromatic amines is 1. The molecule has 1 aromatic heterocycles. The van der Waals surface area contributed by atoms with E-state index in [4.69, 9.17) is 5.73 Å². The molecule has 0 spiro atoms. The summed E-state index contributed by atoms with van der Waals surface area (Å²) in [5.41, 5.74) is 7.94. The molecule has 4 heteroatoms. The van der Waals surface area contributed by atoms with Crippen molar-refractivity contribution in [1.82, 2.24) is 4.98 Å². The molecule has 1 aromatic carbocycles. The molecule has 15 heavy (non-hydrogen) atoms. The summed E-state index contributed by atoms with van der Waals surface area (Å²) in [4.78, 5) is 3.11. The Kier molecular flexibility index (Phi) is 4.12. The van der Waals surface area contributed by atoms with Crippen LogP contribution < -0.4 is 5.73 Å². The molecule has 0 aliphatic carbocycles. The van der Waals surface area contributed by atoms with Crippen LogP contribution in [0.1, 0.15) is 18.0 Å². The fraction of sp³-hybridized carbons (Fsp3) is 0.273. The van der Waals surface area contributed by atoms with Crippen molar-refractivity contribution >= 4 is 23.3 Å². The van der Waals surface area contributed by atoms with E-state index in [2.05, 4.69) is 4.98 Å². The monoisotopic (exact) mass is 228 g/mol. The predicted octanol–water partition coefficient (Wildman–Crippen LogP) is 2.95. The molecule has 2 aromatic rings. The summed E-state index contributed by atoms with van der Waals surface area (Å²) in [6.07, 6.45) is 2.25. The minimum Gasteiger partial charge on any atom is -0.361 e. The van der Waals surface area contributed by atoms with E-state index in [1.807, 2.05) is 30.5 Å². The highest BCUT2D eigenvalue weighted by Gasteiger charge is 2.09. The minimum atomic E-state index is -0.373. The van der Waals surface area contributed by atoms with Crippen LogP contribution >= 0.6 is 12.4 Å². The second-order valence-corrected chi connectivity index (χ2v) is 3.37. The van der Waals surface area contributed by atoms with Gasteiger partial charge in [-0.25, -0.2) is 0 Å². The second kappa shape index (κ2) is 5.14. The standard InChI is InChI=1S/C11H13FN2.ClH/c12-6-4-10(13)8-2-1-3-11-9(8)5-7-14-11;/h1-3,5,7,10,14H,4,6,13H2;1H/t10-;/m1./s1. The van der Waals surface area contributed by atoms with E-state index in [1.54, 1.807) is 0 Å². The van der Waals surface area contributed by atoms with E-state index in [9.17, 15) is 4.39 Å². The molecular weight excluding hydrogens is 215 g/mol. The molecule has 0 unspecified atom stereocenters. The van der Waals surface area contributed by atoms with Gasteiger partial charge in [-0.15, -0.1) is 12.4 Å². The topological polar surface area (TPSA) is 41.8 Å². The molecule has 0 fully saturated rings. The van der Waals surface area contributed by atoms with Crippen molar-refractivity contribution in [3.05, 3.63) is 36.0 Å². The zero-order valence-electron chi connectivity index (χ0n) is 8.24. The van der Waals surface area contributed by atoms with Crippen LogP contribution in [0.3, 0.4) is 0 Å². The summed E-state index contributed by atoms with van der Waals surface area (Å²) in [6, 6.07) is 7.64. The minimum absolute atomic E-state index is 0. The number of alkyl halides is 1. The summed E-state index contributed by atoms with van der Waals surface area (Å²) in [5, 5.41) is 1.09. The Morgan fingerprint density at radius 3 is 2.87 bits per heavy atom. The van der Waals surface area contributed by atoms with Gasteiger partial charge in [0.25, 0.3) is 0 Å². The normalized spacial score (nSPS) is 12.4. The lowest BCUT2D eigenvalue weighted by Crippen LogP contribution is -2.11. The molecule has 2 nitrogen and oxygen atoms in total. The van der Waals surface area contributed by atoms with Crippen LogP contribution in [-0.4, -0.2) is 11.7 Å². The first kappa shape index (κ1) is 12.0. The average Bonchev–Trinajstić information content (AvgIpc) is 2.65. The van der Waals surface area contributed by atoms with Gasteiger partial charge >= 0.3 is 0 Å². The Bertz CT molecular complexity index is 427. The van der Waals surface area contributed by atoms with Gasteiger partial charge in [0.1, 0.15) is 0 Å². The summed E-state index contributed by atoms with van der Waals surface area (Å²) < 4.78 is 12.2. The largest absolute Gasteiger partial charge is 0.361 e. The van der Waals surface area contributed by atoms with Gasteiger partial charge < -0.3 is 10.7 Å². The van der Waals surface area contributed by atoms with Crippen LogP contribution in [0.15, 0.2) is 30.5 Å². The average molecular weight is 229 g/mol. The van der Waals surface area contributed by atoms with Crippen molar-refractivity contribution in [3.8, 4) is 0 Å². The Balaban J connectivity index is 0.00000112. The third-order valence-corrected chi connectivity index (χ3v) is 2.45. The van der Waals surface area contributed by atoms with Crippen molar-refractivity contribution in [1.29, 1.82) is 0 Å². The summed E-state index contributed by atoms with van der Waals surface area (Å²) in [6.45, 7) is -0.373. The van der Waals surface area contributed by atoms with Gasteiger partial charge in [0, 0.05) is 23.1 Å². The second-order valence-electron chi connectivity index (χ2n) is 3.37. The fourth-order valence-corrected chi connectivity index (χ4v) is 1.71. The van der Waals surface area contributed by atoms with Gasteiger partial charge in [-0.05, 0) is 24.1 Å². The maximum atomic E-state index is 12.2. The molecule has 0 amide bonds. The van der Waals surface area contributed by atoms with Crippen LogP contribution in [0.4, 0.5) is 4.39 Å². The summed E-state index contributed by atoms with van der Waals surface area (Å²) in [5.74, 6) is 0. The molecule has 3 N–H and O–H groups in total. The van der Waals surface area contributed by atoms with Gasteiger partial charge in [-0.3, -0.25) is 4.39 Å². The zero-order chi connectivity index (χ0) is 9.97. The molecule has 1 atom stereocenters. The van der Waals surface area contributed by atoms with Crippen LogP contribution in [0.5, 0.6) is 0 Å². The molecule has 82 valence electrons. The Hall–Kier alpha value is -1.06. The Morgan fingerprint density at radius 1 is 1.33 bits per heavy atom. The van der Waals surface area contributed by atoms with Crippen molar-refractivity contribution in [2.24, 2.45) is 5.73 Å². The van der Waals surface area contributed by atoms with Crippen molar-refractivity contribution in [3.63, 3.8) is 0 Å². The number of fused-ring (bicyclic) bond motifs is 1. The first-order valence-electron chi connectivity index (χ1n) is 4.70. The van der Waals surface area contributed by atoms with Gasteiger partial charge in [-0.1, -0.05) is 12.1 Å². The number of hydrogen-bond donors (Lipinski definition) is 2. The van der Waals surface area contributed by atoms with Crippen LogP contribution in [0.2, 0.25) is 0 Å². The first-order valence-corrected chi connectivity index (χ1v) is 4.70. The fourth-order valence-electron chi connectivity index (χ4n) is 1.71. The van der Waals surface area contributed by atoms with E-state index in [0.717, 1.165) is 16.5 Å². The SMILES string of the molecule is Cl.N[C@H](CCF)c1cccc2[nH]ccc12. The number of halogens is 2. The highest BCUT2D eigenvalue weighted by molar-refractivity contribution is 5.85. The maximum absolute atomic E-state index is 12.2. The quantitative estimate of drug-likeness (QED) is 0.833. The van der Waals surface area contributed by atoms with E-state index in [1.165, 1.54) is 0 Å². The smallest absolute Gasteiger partial charge is 0.0912 e. The molecule has 0 radical (unpaired) electrons. The molecule has 0 aliphatic rings. The van der Waals surface area contributed by atoms with Crippen LogP contribution in [0.25, 0.3) is 10.9 Å². The number of nitrogens with one attached hydrogen (secondary N) is 1. The van der Waals surface area contributed by atoms with Crippen molar-refractivity contribution < 1.29 is 4.39 Å². The lowest BCUT2D eigenvalue weighted by molar-refractivity contribution is 0.443. The van der Waals surface area contributed by atoms with Gasteiger partial charge in [-0.2, -0.15) is 0 Å². The summed E-state index contributed by atoms with van der Waals surface area (Å²) >= 11 is 0. The van der Waals surface area contributed by atoms with E-state index >= 15 is 0 Å².